The zero-order valence-corrected chi connectivity index (χ0v) is 11.9. The summed E-state index contributed by atoms with van der Waals surface area (Å²) >= 11 is 1.75. The van der Waals surface area contributed by atoms with E-state index in [1.165, 1.54) is 19.3 Å². The van der Waals surface area contributed by atoms with Crippen LogP contribution in [0.3, 0.4) is 0 Å². The van der Waals surface area contributed by atoms with Crippen LogP contribution < -0.4 is 0 Å². The fourth-order valence-corrected chi connectivity index (χ4v) is 2.80. The molecule has 0 aliphatic carbocycles. The van der Waals surface area contributed by atoms with Gasteiger partial charge in [0, 0.05) is 38.5 Å². The van der Waals surface area contributed by atoms with E-state index in [-0.39, 0.29) is 0 Å². The van der Waals surface area contributed by atoms with Crippen molar-refractivity contribution in [3.63, 3.8) is 0 Å². The summed E-state index contributed by atoms with van der Waals surface area (Å²) in [4.78, 5) is 14.2. The summed E-state index contributed by atoms with van der Waals surface area (Å²) in [6.07, 6.45) is 8.53. The second-order valence-electron chi connectivity index (χ2n) is 4.61. The Hall–Kier alpha value is -0.220. The van der Waals surface area contributed by atoms with E-state index in [1.54, 1.807) is 18.9 Å². The molecule has 3 nitrogen and oxygen atoms in total. The van der Waals surface area contributed by atoms with Crippen LogP contribution in [-0.2, 0) is 9.53 Å². The van der Waals surface area contributed by atoms with Gasteiger partial charge in [-0.15, -0.1) is 0 Å². The summed E-state index contributed by atoms with van der Waals surface area (Å²) in [7, 11) is 1.74. The molecule has 0 spiro atoms. The Balaban J connectivity index is 2.38. The van der Waals surface area contributed by atoms with E-state index in [1.807, 2.05) is 0 Å². The number of ether oxygens (including phenoxy) is 1. The lowest BCUT2D eigenvalue weighted by molar-refractivity contribution is -0.134. The normalized spacial score (nSPS) is 20.6. The largest absolute Gasteiger partial charge is 0.385 e. The van der Waals surface area contributed by atoms with E-state index in [9.17, 15) is 4.79 Å². The minimum atomic E-state index is 0.349. The number of thioether (sulfide) groups is 1. The number of amides is 1. The SMILES string of the molecule is COCCCC1CCCCN1C(=O)CCSC. The number of carbonyl (C=O) groups excluding carboxylic acids is 1. The molecule has 0 aromatic rings. The number of methoxy groups -OCH3 is 1. The molecular formula is C13H25NO2S. The lowest BCUT2D eigenvalue weighted by atomic mass is 9.97. The molecule has 1 unspecified atom stereocenters. The Morgan fingerprint density at radius 2 is 2.29 bits per heavy atom. The molecule has 1 rings (SSSR count). The van der Waals surface area contributed by atoms with Crippen LogP contribution in [-0.4, -0.2) is 49.1 Å². The van der Waals surface area contributed by atoms with Crippen LogP contribution in [0.4, 0.5) is 0 Å². The van der Waals surface area contributed by atoms with Gasteiger partial charge in [0.1, 0.15) is 0 Å². The van der Waals surface area contributed by atoms with Crippen molar-refractivity contribution in [2.45, 2.75) is 44.6 Å². The molecule has 0 aromatic heterocycles. The topological polar surface area (TPSA) is 29.5 Å². The van der Waals surface area contributed by atoms with Gasteiger partial charge >= 0.3 is 0 Å². The quantitative estimate of drug-likeness (QED) is 0.658. The highest BCUT2D eigenvalue weighted by Crippen LogP contribution is 2.22. The summed E-state index contributed by atoms with van der Waals surface area (Å²) in [6.45, 7) is 1.77. The molecule has 1 fully saturated rings. The second kappa shape index (κ2) is 8.81. The molecule has 0 aromatic carbocycles. The summed E-state index contributed by atoms with van der Waals surface area (Å²) in [5.41, 5.74) is 0. The van der Waals surface area contributed by atoms with Gasteiger partial charge < -0.3 is 9.64 Å². The van der Waals surface area contributed by atoms with E-state index < -0.39 is 0 Å². The fourth-order valence-electron chi connectivity index (χ4n) is 2.43. The first kappa shape index (κ1) is 14.8. The number of piperidine rings is 1. The van der Waals surface area contributed by atoms with E-state index in [0.29, 0.717) is 18.4 Å². The predicted octanol–water partition coefficient (Wildman–Crippen LogP) is 2.55. The van der Waals surface area contributed by atoms with E-state index >= 15 is 0 Å². The smallest absolute Gasteiger partial charge is 0.223 e. The number of hydrogen-bond acceptors (Lipinski definition) is 3. The molecular weight excluding hydrogens is 234 g/mol. The van der Waals surface area contributed by atoms with Crippen molar-refractivity contribution in [3.05, 3.63) is 0 Å². The summed E-state index contributed by atoms with van der Waals surface area (Å²) in [6, 6.07) is 0.466. The van der Waals surface area contributed by atoms with Crippen LogP contribution in [0, 0.1) is 0 Å². The van der Waals surface area contributed by atoms with Gasteiger partial charge in [-0.05, 0) is 38.4 Å². The Morgan fingerprint density at radius 3 is 3.00 bits per heavy atom. The van der Waals surface area contributed by atoms with Crippen molar-refractivity contribution < 1.29 is 9.53 Å². The van der Waals surface area contributed by atoms with Crippen LogP contribution in [0.15, 0.2) is 0 Å². The third kappa shape index (κ3) is 5.30. The monoisotopic (exact) mass is 259 g/mol. The van der Waals surface area contributed by atoms with Gasteiger partial charge in [0.25, 0.3) is 0 Å². The molecule has 0 radical (unpaired) electrons. The van der Waals surface area contributed by atoms with Crippen molar-refractivity contribution in [2.24, 2.45) is 0 Å². The molecule has 0 N–H and O–H groups in total. The van der Waals surface area contributed by atoms with E-state index in [2.05, 4.69) is 11.2 Å². The molecule has 0 saturated carbocycles. The molecule has 4 heteroatoms. The van der Waals surface area contributed by atoms with Gasteiger partial charge in [0.15, 0.2) is 0 Å². The first-order chi connectivity index (χ1) is 8.29. The molecule has 1 aliphatic heterocycles. The van der Waals surface area contributed by atoms with Crippen molar-refractivity contribution in [1.82, 2.24) is 4.90 Å². The first-order valence-corrected chi connectivity index (χ1v) is 7.96. The van der Waals surface area contributed by atoms with Crippen LogP contribution in [0.25, 0.3) is 0 Å². The number of hydrogen-bond donors (Lipinski definition) is 0. The predicted molar refractivity (Wildman–Crippen MR) is 73.5 cm³/mol. The first-order valence-electron chi connectivity index (χ1n) is 6.57. The van der Waals surface area contributed by atoms with Crippen LogP contribution in [0.2, 0.25) is 0 Å². The van der Waals surface area contributed by atoms with Crippen LogP contribution in [0.1, 0.15) is 38.5 Å². The maximum Gasteiger partial charge on any atom is 0.223 e. The zero-order valence-electron chi connectivity index (χ0n) is 11.1. The highest BCUT2D eigenvalue weighted by atomic mass is 32.2. The Kier molecular flexibility index (Phi) is 7.69. The molecule has 1 amide bonds. The Labute approximate surface area is 109 Å². The highest BCUT2D eigenvalue weighted by molar-refractivity contribution is 7.98. The Morgan fingerprint density at radius 1 is 1.47 bits per heavy atom. The van der Waals surface area contributed by atoms with Crippen molar-refractivity contribution in [3.8, 4) is 0 Å². The van der Waals surface area contributed by atoms with Crippen molar-refractivity contribution in [2.75, 3.05) is 32.3 Å². The number of rotatable bonds is 7. The van der Waals surface area contributed by atoms with Crippen molar-refractivity contribution in [1.29, 1.82) is 0 Å². The van der Waals surface area contributed by atoms with E-state index in [0.717, 1.165) is 31.7 Å². The average molecular weight is 259 g/mol. The number of likely N-dealkylation sites (tertiary alicyclic amines) is 1. The number of nitrogens with zero attached hydrogens (tertiary/aromatic N) is 1. The average Bonchev–Trinajstić information content (AvgIpc) is 2.37. The van der Waals surface area contributed by atoms with Gasteiger partial charge in [0.2, 0.25) is 5.91 Å². The summed E-state index contributed by atoms with van der Waals surface area (Å²) in [5.74, 6) is 1.29. The highest BCUT2D eigenvalue weighted by Gasteiger charge is 2.25. The molecule has 17 heavy (non-hydrogen) atoms. The fraction of sp³-hybridized carbons (Fsp3) is 0.923. The molecule has 1 atom stereocenters. The maximum atomic E-state index is 12.1. The number of carbonyl (C=O) groups is 1. The molecule has 0 bridgehead atoms. The lowest BCUT2D eigenvalue weighted by Gasteiger charge is -2.36. The van der Waals surface area contributed by atoms with Gasteiger partial charge in [-0.1, -0.05) is 0 Å². The second-order valence-corrected chi connectivity index (χ2v) is 5.60. The molecule has 100 valence electrons. The van der Waals surface area contributed by atoms with Gasteiger partial charge in [-0.3, -0.25) is 4.79 Å². The van der Waals surface area contributed by atoms with Gasteiger partial charge in [-0.2, -0.15) is 11.8 Å². The van der Waals surface area contributed by atoms with Gasteiger partial charge in [-0.25, -0.2) is 0 Å². The molecule has 1 saturated heterocycles. The van der Waals surface area contributed by atoms with Crippen LogP contribution >= 0.6 is 11.8 Å². The summed E-state index contributed by atoms with van der Waals surface area (Å²) in [5, 5.41) is 0. The minimum Gasteiger partial charge on any atom is -0.385 e. The molecule has 1 aliphatic rings. The third-order valence-corrected chi connectivity index (χ3v) is 3.97. The van der Waals surface area contributed by atoms with E-state index in [4.69, 9.17) is 4.74 Å². The maximum absolute atomic E-state index is 12.1. The summed E-state index contributed by atoms with van der Waals surface area (Å²) < 4.78 is 5.09. The standard InChI is InChI=1S/C13H25NO2S/c1-16-10-5-7-12-6-3-4-9-14(12)13(15)8-11-17-2/h12H,3-11H2,1-2H3. The van der Waals surface area contributed by atoms with Crippen LogP contribution in [0.5, 0.6) is 0 Å². The Bertz CT molecular complexity index is 223. The zero-order chi connectivity index (χ0) is 12.5. The lowest BCUT2D eigenvalue weighted by Crippen LogP contribution is -2.43. The third-order valence-electron chi connectivity index (χ3n) is 3.35. The minimum absolute atomic E-state index is 0.349. The molecule has 1 heterocycles. The van der Waals surface area contributed by atoms with Gasteiger partial charge in [0.05, 0.1) is 0 Å². The van der Waals surface area contributed by atoms with Crippen molar-refractivity contribution >= 4 is 17.7 Å².